The molecule has 0 aromatic heterocycles. The maximum absolute atomic E-state index is 10.8. The lowest BCUT2D eigenvalue weighted by Gasteiger charge is -2.36. The molecule has 1 aromatic carbocycles. The number of hydrogen-bond donors (Lipinski definition) is 1. The molecule has 1 aromatic rings. The minimum atomic E-state index is -0.921. The van der Waals surface area contributed by atoms with Gasteiger partial charge in [-0.3, -0.25) is 0 Å². The number of aliphatic carboxylic acids is 1. The second-order valence-electron chi connectivity index (χ2n) is 5.90. The van der Waals surface area contributed by atoms with E-state index in [1.165, 1.54) is 31.8 Å². The van der Waals surface area contributed by atoms with E-state index in [0.29, 0.717) is 6.04 Å². The van der Waals surface area contributed by atoms with Crippen LogP contribution in [0.1, 0.15) is 38.2 Å². The average Bonchev–Trinajstić information content (AvgIpc) is 2.45. The number of carbonyl (C=O) groups is 1. The molecule has 0 radical (unpaired) electrons. The predicted octanol–water partition coefficient (Wildman–Crippen LogP) is 4.56. The molecule has 1 saturated carbocycles. The van der Waals surface area contributed by atoms with Crippen molar-refractivity contribution in [2.24, 2.45) is 5.92 Å². The third kappa shape index (κ3) is 4.34. The summed E-state index contributed by atoms with van der Waals surface area (Å²) in [5.74, 6) is -0.0963. The molecule has 0 atom stereocenters. The van der Waals surface area contributed by atoms with Gasteiger partial charge in [0.15, 0.2) is 0 Å². The third-order valence-electron chi connectivity index (χ3n) is 4.31. The second-order valence-corrected chi connectivity index (χ2v) is 6.81. The van der Waals surface area contributed by atoms with Gasteiger partial charge in [-0.1, -0.05) is 22.9 Å². The van der Waals surface area contributed by atoms with E-state index in [1.54, 1.807) is 6.08 Å². The lowest BCUT2D eigenvalue weighted by atomic mass is 9.86. The maximum Gasteiger partial charge on any atom is 0.328 e. The van der Waals surface area contributed by atoms with Crippen LogP contribution in [0.25, 0.3) is 6.08 Å². The zero-order valence-corrected chi connectivity index (χ0v) is 14.1. The van der Waals surface area contributed by atoms with E-state index in [-0.39, 0.29) is 0 Å². The van der Waals surface area contributed by atoms with Gasteiger partial charge in [-0.2, -0.15) is 0 Å². The van der Waals surface area contributed by atoms with E-state index in [1.807, 2.05) is 12.1 Å². The van der Waals surface area contributed by atoms with E-state index in [9.17, 15) is 4.79 Å². The van der Waals surface area contributed by atoms with Crippen LogP contribution in [0.5, 0.6) is 0 Å². The van der Waals surface area contributed by atoms with E-state index < -0.39 is 5.97 Å². The lowest BCUT2D eigenvalue weighted by Crippen LogP contribution is -2.35. The van der Waals surface area contributed by atoms with Crippen molar-refractivity contribution in [2.75, 3.05) is 11.9 Å². The minimum Gasteiger partial charge on any atom is -0.478 e. The van der Waals surface area contributed by atoms with E-state index >= 15 is 0 Å². The fourth-order valence-corrected chi connectivity index (χ4v) is 3.35. The van der Waals surface area contributed by atoms with Crippen molar-refractivity contribution in [1.29, 1.82) is 0 Å². The molecule has 2 rings (SSSR count). The molecule has 0 aliphatic heterocycles. The number of nitrogens with zero attached hydrogens (tertiary/aromatic N) is 1. The third-order valence-corrected chi connectivity index (χ3v) is 4.80. The quantitative estimate of drug-likeness (QED) is 0.808. The molecule has 3 nitrogen and oxygen atoms in total. The van der Waals surface area contributed by atoms with E-state index in [2.05, 4.69) is 40.9 Å². The standard InChI is InChI=1S/C17H22BrNO2/c1-12-3-7-15(8-4-12)19(2)16-9-6-14(18)11-13(16)5-10-17(20)21/h5-6,9-12,15H,3-4,7-8H2,1-2H3,(H,20,21)/b10-5+. The van der Waals surface area contributed by atoms with Gasteiger partial charge >= 0.3 is 5.97 Å². The molecule has 0 saturated heterocycles. The Labute approximate surface area is 134 Å². The van der Waals surface area contributed by atoms with E-state index in [4.69, 9.17) is 5.11 Å². The van der Waals surface area contributed by atoms with Gasteiger partial charge < -0.3 is 10.0 Å². The van der Waals surface area contributed by atoms with Crippen LogP contribution in [0, 0.1) is 5.92 Å². The Hall–Kier alpha value is -1.29. The Morgan fingerprint density at radius 2 is 2.00 bits per heavy atom. The fraction of sp³-hybridized carbons (Fsp3) is 0.471. The number of anilines is 1. The summed E-state index contributed by atoms with van der Waals surface area (Å²) in [6.45, 7) is 2.32. The van der Waals surface area contributed by atoms with Crippen LogP contribution in [0.2, 0.25) is 0 Å². The van der Waals surface area contributed by atoms with Gasteiger partial charge in [-0.25, -0.2) is 4.79 Å². The zero-order chi connectivity index (χ0) is 15.4. The van der Waals surface area contributed by atoms with Crippen molar-refractivity contribution in [3.8, 4) is 0 Å². The van der Waals surface area contributed by atoms with Gasteiger partial charge in [0.05, 0.1) is 0 Å². The molecule has 0 spiro atoms. The van der Waals surface area contributed by atoms with E-state index in [0.717, 1.165) is 21.6 Å². The Bertz CT molecular complexity index is 534. The summed E-state index contributed by atoms with van der Waals surface area (Å²) in [5, 5.41) is 8.84. The number of benzene rings is 1. The van der Waals surface area contributed by atoms with Crippen LogP contribution in [0.4, 0.5) is 5.69 Å². The molecule has 1 fully saturated rings. The highest BCUT2D eigenvalue weighted by molar-refractivity contribution is 9.10. The average molecular weight is 352 g/mol. The summed E-state index contributed by atoms with van der Waals surface area (Å²) in [6.07, 6.45) is 7.82. The first-order chi connectivity index (χ1) is 9.97. The molecular weight excluding hydrogens is 330 g/mol. The number of carboxylic acid groups (broad SMARTS) is 1. The van der Waals surface area contributed by atoms with Gasteiger partial charge in [0.25, 0.3) is 0 Å². The smallest absolute Gasteiger partial charge is 0.328 e. The maximum atomic E-state index is 10.8. The van der Waals surface area contributed by atoms with Crippen LogP contribution < -0.4 is 4.90 Å². The van der Waals surface area contributed by atoms with Crippen molar-refractivity contribution in [3.05, 3.63) is 34.3 Å². The van der Waals surface area contributed by atoms with Crippen LogP contribution in [0.3, 0.4) is 0 Å². The Morgan fingerprint density at radius 3 is 2.62 bits per heavy atom. The first-order valence-corrected chi connectivity index (χ1v) is 8.20. The van der Waals surface area contributed by atoms with Crippen LogP contribution in [-0.2, 0) is 4.79 Å². The molecule has 0 heterocycles. The summed E-state index contributed by atoms with van der Waals surface area (Å²) in [6, 6.07) is 6.58. The monoisotopic (exact) mass is 351 g/mol. The number of hydrogen-bond acceptors (Lipinski definition) is 2. The number of carboxylic acids is 1. The number of halogens is 1. The predicted molar refractivity (Wildman–Crippen MR) is 90.6 cm³/mol. The molecule has 21 heavy (non-hydrogen) atoms. The van der Waals surface area contributed by atoms with Crippen molar-refractivity contribution in [3.63, 3.8) is 0 Å². The Kier molecular flexibility index (Phi) is 5.45. The minimum absolute atomic E-state index is 0.541. The first-order valence-electron chi connectivity index (χ1n) is 7.40. The molecule has 114 valence electrons. The summed E-state index contributed by atoms with van der Waals surface area (Å²) in [4.78, 5) is 13.1. The second kappa shape index (κ2) is 7.12. The first kappa shape index (κ1) is 16.1. The van der Waals surface area contributed by atoms with Gasteiger partial charge in [0.1, 0.15) is 0 Å². The largest absolute Gasteiger partial charge is 0.478 e. The fourth-order valence-electron chi connectivity index (χ4n) is 2.97. The summed E-state index contributed by atoms with van der Waals surface area (Å²) in [5.41, 5.74) is 2.03. The van der Waals surface area contributed by atoms with Gasteiger partial charge in [-0.05, 0) is 61.4 Å². The highest BCUT2D eigenvalue weighted by Gasteiger charge is 2.22. The highest BCUT2D eigenvalue weighted by atomic mass is 79.9. The summed E-state index contributed by atoms with van der Waals surface area (Å²) in [7, 11) is 2.11. The molecule has 1 aliphatic carbocycles. The Morgan fingerprint density at radius 1 is 1.33 bits per heavy atom. The van der Waals surface area contributed by atoms with Gasteiger partial charge in [0.2, 0.25) is 0 Å². The molecule has 1 N–H and O–H groups in total. The summed E-state index contributed by atoms with van der Waals surface area (Å²) >= 11 is 3.46. The topological polar surface area (TPSA) is 40.5 Å². The summed E-state index contributed by atoms with van der Waals surface area (Å²) < 4.78 is 0.960. The van der Waals surface area contributed by atoms with Crippen LogP contribution >= 0.6 is 15.9 Å². The highest BCUT2D eigenvalue weighted by Crippen LogP contribution is 2.32. The van der Waals surface area contributed by atoms with Crippen molar-refractivity contribution < 1.29 is 9.90 Å². The lowest BCUT2D eigenvalue weighted by molar-refractivity contribution is -0.131. The van der Waals surface area contributed by atoms with Gasteiger partial charge in [-0.15, -0.1) is 0 Å². The number of rotatable bonds is 4. The van der Waals surface area contributed by atoms with Crippen molar-refractivity contribution >= 4 is 33.7 Å². The Balaban J connectivity index is 2.23. The molecule has 0 bridgehead atoms. The SMILES string of the molecule is CC1CCC(N(C)c2ccc(Br)cc2/C=C/C(=O)O)CC1. The molecule has 4 heteroatoms. The molecule has 0 amide bonds. The van der Waals surface area contributed by atoms with Gasteiger partial charge in [0, 0.05) is 29.3 Å². The molecule has 1 aliphatic rings. The van der Waals surface area contributed by atoms with Crippen molar-refractivity contribution in [1.82, 2.24) is 0 Å². The molecule has 0 unspecified atom stereocenters. The normalized spacial score (nSPS) is 22.4. The van der Waals surface area contributed by atoms with Crippen LogP contribution in [-0.4, -0.2) is 24.2 Å². The molecular formula is C17H22BrNO2. The van der Waals surface area contributed by atoms with Crippen molar-refractivity contribution in [2.45, 2.75) is 38.6 Å². The van der Waals surface area contributed by atoms with Crippen LogP contribution in [0.15, 0.2) is 28.7 Å². The zero-order valence-electron chi connectivity index (χ0n) is 12.6.